The van der Waals surface area contributed by atoms with Crippen LogP contribution in [0.15, 0.2) is 0 Å². The van der Waals surface area contributed by atoms with Crippen LogP contribution in [0.1, 0.15) is 51.9 Å². The number of ether oxygens (including phenoxy) is 4. The third-order valence-corrected chi connectivity index (χ3v) is 7.97. The van der Waals surface area contributed by atoms with Gasteiger partial charge in [0.25, 0.3) is 0 Å². The number of rotatable bonds is 9. The zero-order valence-electron chi connectivity index (χ0n) is 16.0. The second-order valence-electron chi connectivity index (χ2n) is 9.67. The molecule has 0 amide bonds. The summed E-state index contributed by atoms with van der Waals surface area (Å²) in [5.74, 6) is 0. The van der Waals surface area contributed by atoms with Gasteiger partial charge < -0.3 is 30.4 Å². The molecule has 4 aliphatic heterocycles. The Kier molecular flexibility index (Phi) is 4.20. The first-order chi connectivity index (χ1) is 12.5. The molecule has 1 saturated carbocycles. The van der Waals surface area contributed by atoms with Gasteiger partial charge in [-0.2, -0.15) is 0 Å². The minimum atomic E-state index is -0.271. The molecule has 6 heteroatoms. The topological polar surface area (TPSA) is 102 Å². The van der Waals surface area contributed by atoms with Crippen molar-refractivity contribution in [1.29, 1.82) is 0 Å². The van der Waals surface area contributed by atoms with Gasteiger partial charge in [-0.15, -0.1) is 0 Å². The normalized spacial score (nSPS) is 53.2. The van der Waals surface area contributed by atoms with Gasteiger partial charge in [0.1, 0.15) is 0 Å². The summed E-state index contributed by atoms with van der Waals surface area (Å²) in [7, 11) is 0. The molecule has 26 heavy (non-hydrogen) atoms. The zero-order chi connectivity index (χ0) is 18.0. The Morgan fingerprint density at radius 2 is 1.27 bits per heavy atom. The molecular formula is C20H34N2O4. The summed E-state index contributed by atoms with van der Waals surface area (Å²) in [4.78, 5) is 0. The third kappa shape index (κ3) is 3.03. The maximum absolute atomic E-state index is 7.35. The number of hydrogen-bond acceptors (Lipinski definition) is 6. The lowest BCUT2D eigenvalue weighted by Gasteiger charge is -2.65. The van der Waals surface area contributed by atoms with E-state index in [-0.39, 0.29) is 22.4 Å². The van der Waals surface area contributed by atoms with Crippen LogP contribution in [0.3, 0.4) is 0 Å². The lowest BCUT2D eigenvalue weighted by Crippen LogP contribution is -2.70. The van der Waals surface area contributed by atoms with E-state index >= 15 is 0 Å². The fraction of sp³-hybridized carbons (Fsp3) is 1.00. The Morgan fingerprint density at radius 3 is 1.73 bits per heavy atom. The summed E-state index contributed by atoms with van der Waals surface area (Å²) in [5, 5.41) is 0. The quantitative estimate of drug-likeness (QED) is 0.597. The number of hydrogen-bond donors (Lipinski definition) is 2. The van der Waals surface area contributed by atoms with E-state index in [9.17, 15) is 0 Å². The Morgan fingerprint density at radius 1 is 0.808 bits per heavy atom. The highest BCUT2D eigenvalue weighted by molar-refractivity contribution is 5.20. The molecule has 5 fully saturated rings. The van der Waals surface area contributed by atoms with Gasteiger partial charge in [-0.25, -0.2) is 0 Å². The van der Waals surface area contributed by atoms with Crippen LogP contribution in [0.4, 0.5) is 0 Å². The zero-order valence-corrected chi connectivity index (χ0v) is 16.0. The minimum absolute atomic E-state index is 0.0199. The highest BCUT2D eigenvalue weighted by Gasteiger charge is 2.67. The predicted molar refractivity (Wildman–Crippen MR) is 96.7 cm³/mol. The monoisotopic (exact) mass is 366 g/mol. The molecule has 0 bridgehead atoms. The largest absolute Gasteiger partial charge is 0.373 e. The molecular weight excluding hydrogens is 332 g/mol. The van der Waals surface area contributed by atoms with Gasteiger partial charge in [0.2, 0.25) is 0 Å². The Hall–Kier alpha value is -0.240. The van der Waals surface area contributed by atoms with Gasteiger partial charge in [0, 0.05) is 17.0 Å². The first-order valence-electron chi connectivity index (χ1n) is 10.5. The molecule has 0 radical (unpaired) electrons. The molecule has 148 valence electrons. The first kappa shape index (κ1) is 17.8. The van der Waals surface area contributed by atoms with Gasteiger partial charge >= 0.3 is 0 Å². The van der Waals surface area contributed by atoms with Crippen LogP contribution in [0.5, 0.6) is 0 Å². The van der Waals surface area contributed by atoms with E-state index in [2.05, 4.69) is 6.92 Å². The minimum Gasteiger partial charge on any atom is -0.373 e. The van der Waals surface area contributed by atoms with Gasteiger partial charge in [-0.1, -0.05) is 6.42 Å². The second-order valence-corrected chi connectivity index (χ2v) is 9.67. The van der Waals surface area contributed by atoms with Crippen LogP contribution in [0.2, 0.25) is 0 Å². The summed E-state index contributed by atoms with van der Waals surface area (Å²) in [5.41, 5.74) is 13.8. The maximum Gasteiger partial charge on any atom is 0.0827 e. The molecule has 7 unspecified atom stereocenters. The van der Waals surface area contributed by atoms with Crippen molar-refractivity contribution in [2.75, 3.05) is 26.4 Å². The third-order valence-electron chi connectivity index (χ3n) is 7.97. The van der Waals surface area contributed by atoms with Gasteiger partial charge in [0.05, 0.1) is 50.8 Å². The highest BCUT2D eigenvalue weighted by Crippen LogP contribution is 2.66. The van der Waals surface area contributed by atoms with E-state index in [4.69, 9.17) is 30.4 Å². The molecule has 0 spiro atoms. The second kappa shape index (κ2) is 6.13. The molecule has 1 aliphatic carbocycles. The van der Waals surface area contributed by atoms with Crippen molar-refractivity contribution in [2.45, 2.75) is 87.9 Å². The van der Waals surface area contributed by atoms with Crippen molar-refractivity contribution in [3.8, 4) is 0 Å². The molecule has 0 aromatic rings. The van der Waals surface area contributed by atoms with Crippen LogP contribution in [0.25, 0.3) is 0 Å². The molecule has 4 saturated heterocycles. The summed E-state index contributed by atoms with van der Waals surface area (Å²) in [6.45, 7) is 5.63. The van der Waals surface area contributed by atoms with Crippen LogP contribution >= 0.6 is 0 Å². The van der Waals surface area contributed by atoms with Crippen molar-refractivity contribution in [3.63, 3.8) is 0 Å². The lowest BCUT2D eigenvalue weighted by atomic mass is 9.42. The average Bonchev–Trinajstić information content (AvgIpc) is 3.42. The van der Waals surface area contributed by atoms with E-state index in [1.807, 2.05) is 0 Å². The van der Waals surface area contributed by atoms with Crippen LogP contribution in [0, 0.1) is 10.8 Å². The predicted octanol–water partition coefficient (Wildman–Crippen LogP) is 1.34. The van der Waals surface area contributed by atoms with Crippen molar-refractivity contribution in [1.82, 2.24) is 0 Å². The molecule has 0 aromatic heterocycles. The van der Waals surface area contributed by atoms with Crippen molar-refractivity contribution >= 4 is 0 Å². The Labute approximate surface area is 156 Å². The molecule has 5 aliphatic rings. The Bertz CT molecular complexity index is 528. The van der Waals surface area contributed by atoms with E-state index in [1.54, 1.807) is 0 Å². The fourth-order valence-corrected chi connectivity index (χ4v) is 6.37. The lowest BCUT2D eigenvalue weighted by molar-refractivity contribution is -0.126. The molecule has 0 aromatic carbocycles. The van der Waals surface area contributed by atoms with Gasteiger partial charge in [-0.05, 0) is 50.9 Å². The summed E-state index contributed by atoms with van der Waals surface area (Å²) in [6, 6.07) is 0.0764. The number of epoxide rings is 4. The maximum atomic E-state index is 7.35. The summed E-state index contributed by atoms with van der Waals surface area (Å²) >= 11 is 0. The van der Waals surface area contributed by atoms with E-state index in [0.29, 0.717) is 24.4 Å². The van der Waals surface area contributed by atoms with Crippen molar-refractivity contribution < 1.29 is 18.9 Å². The number of nitrogens with two attached hydrogens (primary N) is 2. The fourth-order valence-electron chi connectivity index (χ4n) is 6.37. The van der Waals surface area contributed by atoms with Crippen LogP contribution in [-0.2, 0) is 18.9 Å². The van der Waals surface area contributed by atoms with Crippen molar-refractivity contribution in [2.24, 2.45) is 22.3 Å². The Balaban J connectivity index is 1.58. The van der Waals surface area contributed by atoms with E-state index in [0.717, 1.165) is 71.4 Å². The molecule has 7 atom stereocenters. The van der Waals surface area contributed by atoms with Gasteiger partial charge in [-0.3, -0.25) is 0 Å². The van der Waals surface area contributed by atoms with Gasteiger partial charge in [0.15, 0.2) is 0 Å². The van der Waals surface area contributed by atoms with E-state index < -0.39 is 0 Å². The average molecular weight is 367 g/mol. The molecule has 4 heterocycles. The molecule has 5 rings (SSSR count). The van der Waals surface area contributed by atoms with Crippen LogP contribution < -0.4 is 11.5 Å². The summed E-state index contributed by atoms with van der Waals surface area (Å²) in [6.07, 6.45) is 8.61. The highest BCUT2D eigenvalue weighted by atomic mass is 16.6. The molecule has 6 nitrogen and oxygen atoms in total. The SMILES string of the molecule is CC(N)C1(CC2CO2)CCCC(N)(CC2CO2)C1(CC1CO1)CC1CO1. The molecule has 4 N–H and O–H groups in total. The summed E-state index contributed by atoms with van der Waals surface area (Å²) < 4.78 is 22.8. The van der Waals surface area contributed by atoms with E-state index in [1.165, 1.54) is 0 Å². The smallest absolute Gasteiger partial charge is 0.0827 e. The van der Waals surface area contributed by atoms with Crippen molar-refractivity contribution in [3.05, 3.63) is 0 Å². The standard InChI is InChI=1S/C20H34N2O4/c1-13(21)18(5-14-9-23-14)3-2-4-20(22,8-17-12-26-17)19(18,6-15-10-24-15)7-16-11-25-16/h13-17H,2-12,21-22H2,1H3. The first-order valence-corrected chi connectivity index (χ1v) is 10.5. The van der Waals surface area contributed by atoms with Crippen LogP contribution in [-0.4, -0.2) is 62.4 Å².